The Hall–Kier alpha value is -2.96. The van der Waals surface area contributed by atoms with Crippen molar-refractivity contribution in [2.45, 2.75) is 6.92 Å². The molecule has 0 spiro atoms. The number of rotatable bonds is 4. The topological polar surface area (TPSA) is 59.8 Å². The summed E-state index contributed by atoms with van der Waals surface area (Å²) in [6, 6.07) is 22.5. The van der Waals surface area contributed by atoms with Gasteiger partial charge in [0, 0.05) is 20.7 Å². The first-order valence-corrected chi connectivity index (χ1v) is 10.0. The number of halogens is 2. The number of nitrogens with one attached hydrogen (secondary N) is 1. The molecule has 0 aliphatic heterocycles. The highest BCUT2D eigenvalue weighted by atomic mass is 79.9. The molecule has 3 aromatic carbocycles. The standard InChI is InChI=1S/C22H16BrClN4O/c1-14-5-11-19(12-6-14)28-21(15-7-9-17(24)10-8-15)26-20(27-28)22(29)25-18-4-2-3-16(23)13-18/h2-13H,1H3,(H,25,29). The van der Waals surface area contributed by atoms with Gasteiger partial charge in [-0.1, -0.05) is 51.3 Å². The van der Waals surface area contributed by atoms with Crippen LogP contribution in [-0.2, 0) is 0 Å². The third kappa shape index (κ3) is 4.39. The van der Waals surface area contributed by atoms with Crippen molar-refractivity contribution in [1.82, 2.24) is 14.8 Å². The van der Waals surface area contributed by atoms with Gasteiger partial charge in [-0.15, -0.1) is 5.10 Å². The molecule has 0 bridgehead atoms. The Balaban J connectivity index is 1.75. The van der Waals surface area contributed by atoms with Gasteiger partial charge in [-0.3, -0.25) is 4.79 Å². The SMILES string of the molecule is Cc1ccc(-n2nc(C(=O)Nc3cccc(Br)c3)nc2-c2ccc(Cl)cc2)cc1. The zero-order valence-electron chi connectivity index (χ0n) is 15.4. The van der Waals surface area contributed by atoms with Gasteiger partial charge < -0.3 is 5.32 Å². The number of nitrogens with zero attached hydrogens (tertiary/aromatic N) is 3. The van der Waals surface area contributed by atoms with Crippen molar-refractivity contribution < 1.29 is 4.79 Å². The molecule has 1 N–H and O–H groups in total. The van der Waals surface area contributed by atoms with Crippen LogP contribution in [0.15, 0.2) is 77.3 Å². The Morgan fingerprint density at radius 3 is 2.45 bits per heavy atom. The van der Waals surface area contributed by atoms with Crippen LogP contribution in [0.1, 0.15) is 16.2 Å². The third-order valence-electron chi connectivity index (χ3n) is 4.27. The first-order valence-electron chi connectivity index (χ1n) is 8.86. The van der Waals surface area contributed by atoms with Gasteiger partial charge in [0.2, 0.25) is 5.82 Å². The average Bonchev–Trinajstić information content (AvgIpc) is 3.15. The average molecular weight is 468 g/mol. The van der Waals surface area contributed by atoms with Crippen LogP contribution in [0.5, 0.6) is 0 Å². The highest BCUT2D eigenvalue weighted by Gasteiger charge is 2.19. The lowest BCUT2D eigenvalue weighted by atomic mass is 10.2. The van der Waals surface area contributed by atoms with Crippen LogP contribution < -0.4 is 5.32 Å². The molecule has 29 heavy (non-hydrogen) atoms. The van der Waals surface area contributed by atoms with E-state index in [2.05, 4.69) is 31.3 Å². The van der Waals surface area contributed by atoms with E-state index in [1.165, 1.54) is 0 Å². The summed E-state index contributed by atoms with van der Waals surface area (Å²) in [5.41, 5.74) is 3.41. The molecule has 144 valence electrons. The van der Waals surface area contributed by atoms with Crippen LogP contribution in [0, 0.1) is 6.92 Å². The number of amides is 1. The fourth-order valence-corrected chi connectivity index (χ4v) is 3.34. The largest absolute Gasteiger partial charge is 0.319 e. The monoisotopic (exact) mass is 466 g/mol. The van der Waals surface area contributed by atoms with Crippen molar-refractivity contribution in [2.24, 2.45) is 0 Å². The van der Waals surface area contributed by atoms with Gasteiger partial charge in [-0.2, -0.15) is 0 Å². The lowest BCUT2D eigenvalue weighted by Gasteiger charge is -2.06. The Morgan fingerprint density at radius 1 is 1.03 bits per heavy atom. The number of anilines is 1. The highest BCUT2D eigenvalue weighted by Crippen LogP contribution is 2.24. The Morgan fingerprint density at radius 2 is 1.76 bits per heavy atom. The summed E-state index contributed by atoms with van der Waals surface area (Å²) in [7, 11) is 0. The maximum atomic E-state index is 12.8. The summed E-state index contributed by atoms with van der Waals surface area (Å²) >= 11 is 9.42. The van der Waals surface area contributed by atoms with Gasteiger partial charge in [0.25, 0.3) is 5.91 Å². The molecular weight excluding hydrogens is 452 g/mol. The van der Waals surface area contributed by atoms with Crippen LogP contribution >= 0.6 is 27.5 Å². The lowest BCUT2D eigenvalue weighted by Crippen LogP contribution is -2.14. The summed E-state index contributed by atoms with van der Waals surface area (Å²) in [6.07, 6.45) is 0. The van der Waals surface area contributed by atoms with E-state index >= 15 is 0 Å². The Labute approximate surface area is 181 Å². The number of benzene rings is 3. The smallest absolute Gasteiger partial charge is 0.295 e. The zero-order chi connectivity index (χ0) is 20.4. The molecule has 4 rings (SSSR count). The van der Waals surface area contributed by atoms with E-state index in [0.29, 0.717) is 16.5 Å². The molecule has 0 radical (unpaired) electrons. The summed E-state index contributed by atoms with van der Waals surface area (Å²) in [5, 5.41) is 7.94. The molecule has 0 unspecified atom stereocenters. The van der Waals surface area contributed by atoms with Crippen LogP contribution in [0.3, 0.4) is 0 Å². The normalized spacial score (nSPS) is 10.7. The van der Waals surface area contributed by atoms with Crippen molar-refractivity contribution in [2.75, 3.05) is 5.32 Å². The number of hydrogen-bond acceptors (Lipinski definition) is 3. The Bertz CT molecular complexity index is 1110. The molecule has 1 aromatic heterocycles. The maximum Gasteiger partial charge on any atom is 0.295 e. The number of aryl methyl sites for hydroxylation is 1. The second-order valence-corrected chi connectivity index (χ2v) is 7.83. The van der Waals surface area contributed by atoms with Crippen molar-refractivity contribution in [3.63, 3.8) is 0 Å². The molecule has 7 heteroatoms. The van der Waals surface area contributed by atoms with Crippen molar-refractivity contribution in [1.29, 1.82) is 0 Å². The van der Waals surface area contributed by atoms with E-state index in [4.69, 9.17) is 11.6 Å². The van der Waals surface area contributed by atoms with E-state index < -0.39 is 0 Å². The summed E-state index contributed by atoms with van der Waals surface area (Å²) in [4.78, 5) is 17.3. The van der Waals surface area contributed by atoms with Gasteiger partial charge in [-0.05, 0) is 61.5 Å². The van der Waals surface area contributed by atoms with Crippen molar-refractivity contribution in [3.05, 3.63) is 93.7 Å². The van der Waals surface area contributed by atoms with E-state index in [1.807, 2.05) is 61.5 Å². The molecule has 0 aliphatic rings. The fraction of sp³-hybridized carbons (Fsp3) is 0.0455. The second kappa shape index (κ2) is 8.19. The van der Waals surface area contributed by atoms with E-state index in [-0.39, 0.29) is 11.7 Å². The maximum absolute atomic E-state index is 12.8. The van der Waals surface area contributed by atoms with Gasteiger partial charge >= 0.3 is 0 Å². The molecule has 0 fully saturated rings. The van der Waals surface area contributed by atoms with Crippen LogP contribution in [-0.4, -0.2) is 20.7 Å². The third-order valence-corrected chi connectivity index (χ3v) is 5.02. The first-order chi connectivity index (χ1) is 14.0. The van der Waals surface area contributed by atoms with Crippen molar-refractivity contribution in [3.8, 4) is 17.1 Å². The quantitative estimate of drug-likeness (QED) is 0.406. The molecule has 4 aromatic rings. The molecular formula is C22H16BrClN4O. The van der Waals surface area contributed by atoms with Crippen molar-refractivity contribution >= 4 is 39.1 Å². The van der Waals surface area contributed by atoms with Gasteiger partial charge in [0.1, 0.15) is 0 Å². The van der Waals surface area contributed by atoms with Gasteiger partial charge in [0.15, 0.2) is 5.82 Å². The highest BCUT2D eigenvalue weighted by molar-refractivity contribution is 9.10. The molecule has 0 aliphatic carbocycles. The van der Waals surface area contributed by atoms with Crippen LogP contribution in [0.4, 0.5) is 5.69 Å². The number of hydrogen-bond donors (Lipinski definition) is 1. The summed E-state index contributed by atoms with van der Waals surface area (Å²) in [6.45, 7) is 2.02. The summed E-state index contributed by atoms with van der Waals surface area (Å²) < 4.78 is 2.54. The predicted molar refractivity (Wildman–Crippen MR) is 119 cm³/mol. The van der Waals surface area contributed by atoms with Crippen LogP contribution in [0.2, 0.25) is 5.02 Å². The molecule has 1 heterocycles. The Kier molecular flexibility index (Phi) is 5.47. The minimum absolute atomic E-state index is 0.0792. The van der Waals surface area contributed by atoms with Gasteiger partial charge in [0.05, 0.1) is 5.69 Å². The minimum Gasteiger partial charge on any atom is -0.319 e. The number of aromatic nitrogens is 3. The van der Waals surface area contributed by atoms with Gasteiger partial charge in [-0.25, -0.2) is 9.67 Å². The molecule has 0 atom stereocenters. The molecule has 5 nitrogen and oxygen atoms in total. The first kappa shape index (κ1) is 19.4. The predicted octanol–water partition coefficient (Wildman–Crippen LogP) is 5.91. The van der Waals surface area contributed by atoms with E-state index in [1.54, 1.807) is 22.9 Å². The van der Waals surface area contributed by atoms with E-state index in [0.717, 1.165) is 21.3 Å². The zero-order valence-corrected chi connectivity index (χ0v) is 17.8. The molecule has 1 amide bonds. The molecule has 0 saturated heterocycles. The van der Waals surface area contributed by atoms with Crippen LogP contribution in [0.25, 0.3) is 17.1 Å². The molecule has 0 saturated carbocycles. The minimum atomic E-state index is -0.385. The number of carbonyl (C=O) groups excluding carboxylic acids is 1. The fourth-order valence-electron chi connectivity index (χ4n) is 2.81. The second-order valence-electron chi connectivity index (χ2n) is 6.48. The number of carbonyl (C=O) groups is 1. The summed E-state index contributed by atoms with van der Waals surface area (Å²) in [5.74, 6) is 0.254. The van der Waals surface area contributed by atoms with E-state index in [9.17, 15) is 4.79 Å². The lowest BCUT2D eigenvalue weighted by molar-refractivity contribution is 0.101.